The summed E-state index contributed by atoms with van der Waals surface area (Å²) < 4.78 is 5.26. The summed E-state index contributed by atoms with van der Waals surface area (Å²) in [6.45, 7) is 4.68. The molecule has 6 N–H and O–H groups in total. The van der Waals surface area contributed by atoms with E-state index in [0.29, 0.717) is 0 Å². The maximum Gasteiger partial charge on any atom is 0.407 e. The molecule has 1 aromatic rings. The van der Waals surface area contributed by atoms with Crippen LogP contribution in [0.3, 0.4) is 0 Å². The zero-order valence-corrected chi connectivity index (χ0v) is 15.4. The Morgan fingerprint density at radius 1 is 1.33 bits per heavy atom. The monoisotopic (exact) mass is 383 g/mol. The molecule has 2 heterocycles. The minimum absolute atomic E-state index is 0.271. The van der Waals surface area contributed by atoms with Gasteiger partial charge < -0.3 is 26.6 Å². The third kappa shape index (κ3) is 6.96. The smallest absolute Gasteiger partial charge is 0.407 e. The minimum atomic E-state index is -1.39. The van der Waals surface area contributed by atoms with E-state index in [4.69, 9.17) is 21.3 Å². The number of nitrogens with zero attached hydrogens (tertiary/aromatic N) is 2. The first kappa shape index (κ1) is 21.9. The molecular weight excluding hydrogens is 358 g/mol. The molecule has 11 heteroatoms. The van der Waals surface area contributed by atoms with E-state index >= 15 is 0 Å². The van der Waals surface area contributed by atoms with Crippen LogP contribution in [0, 0.1) is 10.1 Å². The van der Waals surface area contributed by atoms with Gasteiger partial charge in [-0.3, -0.25) is 10.1 Å². The number of carboxylic acids is 1. The maximum absolute atomic E-state index is 11.2. The molecule has 2 rings (SSSR count). The molecule has 1 saturated heterocycles. The zero-order chi connectivity index (χ0) is 20.6. The van der Waals surface area contributed by atoms with E-state index in [-0.39, 0.29) is 11.7 Å². The summed E-state index contributed by atoms with van der Waals surface area (Å²) in [6, 6.07) is 0. The summed E-state index contributed by atoms with van der Waals surface area (Å²) in [5.74, 6) is -1.80. The van der Waals surface area contributed by atoms with Gasteiger partial charge in [-0.15, -0.1) is 0 Å². The summed E-state index contributed by atoms with van der Waals surface area (Å²) in [4.78, 5) is 34.6. The topological polar surface area (TPSA) is 184 Å². The number of hydrogen-bond donors (Lipinski definition) is 4. The van der Waals surface area contributed by atoms with Crippen molar-refractivity contribution in [2.45, 2.75) is 51.6 Å². The number of nitrogen functional groups attached to an aromatic ring is 2. The molecule has 27 heavy (non-hydrogen) atoms. The molecule has 1 aliphatic rings. The van der Waals surface area contributed by atoms with E-state index in [1.54, 1.807) is 0 Å². The Hall–Kier alpha value is -3.11. The van der Waals surface area contributed by atoms with Crippen molar-refractivity contribution in [3.63, 3.8) is 0 Å². The number of alkyl carbamates (subject to hydrolysis) is 1. The summed E-state index contributed by atoms with van der Waals surface area (Å²) >= 11 is 0. The first-order valence-electron chi connectivity index (χ1n) is 8.43. The molecule has 0 atom stereocenters. The van der Waals surface area contributed by atoms with Crippen molar-refractivity contribution >= 4 is 29.3 Å². The third-order valence-corrected chi connectivity index (χ3v) is 3.88. The Balaban J connectivity index is 0.000000271. The molecule has 150 valence electrons. The second kappa shape index (κ2) is 9.55. The summed E-state index contributed by atoms with van der Waals surface area (Å²) in [6.07, 6.45) is 6.22. The number of carboxylic acid groups (broad SMARTS) is 1. The number of ether oxygens (including phenoxy) is 1. The normalized spacial score (nSPS) is 16.7. The highest BCUT2D eigenvalue weighted by molar-refractivity contribution is 5.97. The van der Waals surface area contributed by atoms with Crippen LogP contribution in [-0.4, -0.2) is 39.2 Å². The number of nitrogens with one attached hydrogen (secondary N) is 1. The number of amides is 1. The summed E-state index contributed by atoms with van der Waals surface area (Å²) in [5.41, 5.74) is 8.50. The number of nitrogens with two attached hydrogens (primary N) is 2. The Labute approximate surface area is 156 Å². The van der Waals surface area contributed by atoms with Gasteiger partial charge in [-0.05, 0) is 33.1 Å². The van der Waals surface area contributed by atoms with Gasteiger partial charge in [0.1, 0.15) is 16.9 Å². The van der Waals surface area contributed by atoms with Gasteiger partial charge in [-0.2, -0.15) is 0 Å². The van der Waals surface area contributed by atoms with Crippen LogP contribution in [-0.2, 0) is 4.74 Å². The summed E-state index contributed by atoms with van der Waals surface area (Å²) in [7, 11) is 0. The second-order valence-electron chi connectivity index (χ2n) is 6.62. The highest BCUT2D eigenvalue weighted by atomic mass is 16.6. The van der Waals surface area contributed by atoms with E-state index in [9.17, 15) is 19.7 Å². The van der Waals surface area contributed by atoms with Crippen molar-refractivity contribution < 1.29 is 24.4 Å². The Bertz CT molecular complexity index is 707. The number of aromatic nitrogens is 1. The van der Waals surface area contributed by atoms with E-state index in [1.165, 1.54) is 12.8 Å². The van der Waals surface area contributed by atoms with Gasteiger partial charge in [0.25, 0.3) is 0 Å². The van der Waals surface area contributed by atoms with Gasteiger partial charge in [-0.25, -0.2) is 14.6 Å². The van der Waals surface area contributed by atoms with Crippen molar-refractivity contribution in [2.24, 2.45) is 0 Å². The van der Waals surface area contributed by atoms with Gasteiger partial charge in [0.15, 0.2) is 0 Å². The lowest BCUT2D eigenvalue weighted by molar-refractivity contribution is -0.383. The van der Waals surface area contributed by atoms with Crippen LogP contribution in [0.2, 0.25) is 0 Å². The molecule has 1 aromatic heterocycles. The minimum Gasteiger partial charge on any atom is -0.478 e. The number of hydrogen-bond acceptors (Lipinski definition) is 8. The first-order valence-corrected chi connectivity index (χ1v) is 8.43. The van der Waals surface area contributed by atoms with Gasteiger partial charge in [0.05, 0.1) is 4.92 Å². The number of pyridine rings is 1. The van der Waals surface area contributed by atoms with Crippen molar-refractivity contribution in [2.75, 3.05) is 18.0 Å². The highest BCUT2D eigenvalue weighted by Gasteiger charge is 2.24. The standard InChI is InChI=1S/C10H19NO2.C6H6N4O4/c1-10(2)7-5-3-4-6-8-11-9(12)13-10;7-3-2(6(11)12)1-9-5(8)4(3)10(13)14/h3-8H2,1-2H3,(H,11,12);1H,(H,11,12)(H4,7,8,9). The van der Waals surface area contributed by atoms with Crippen LogP contribution in [0.25, 0.3) is 0 Å². The number of cyclic esters (lactones) is 1. The fourth-order valence-electron chi connectivity index (χ4n) is 2.45. The quantitative estimate of drug-likeness (QED) is 0.439. The number of aromatic carboxylic acids is 1. The fraction of sp³-hybridized carbons (Fsp3) is 0.562. The molecule has 0 aliphatic carbocycles. The molecule has 0 spiro atoms. The van der Waals surface area contributed by atoms with Gasteiger partial charge in [0.2, 0.25) is 5.82 Å². The summed E-state index contributed by atoms with van der Waals surface area (Å²) in [5, 5.41) is 21.8. The lowest BCUT2D eigenvalue weighted by atomic mass is 9.99. The Morgan fingerprint density at radius 3 is 2.56 bits per heavy atom. The highest BCUT2D eigenvalue weighted by Crippen LogP contribution is 2.29. The largest absolute Gasteiger partial charge is 0.478 e. The molecule has 1 fully saturated rings. The van der Waals surface area contributed by atoms with Crippen molar-refractivity contribution in [3.8, 4) is 0 Å². The molecule has 0 bridgehead atoms. The predicted molar refractivity (Wildman–Crippen MR) is 98.3 cm³/mol. The van der Waals surface area contributed by atoms with Crippen LogP contribution in [0.15, 0.2) is 6.20 Å². The first-order chi connectivity index (χ1) is 12.5. The average Bonchev–Trinajstić information content (AvgIpc) is 2.53. The number of anilines is 2. The fourth-order valence-corrected chi connectivity index (χ4v) is 2.45. The van der Waals surface area contributed by atoms with E-state index in [0.717, 1.165) is 32.0 Å². The van der Waals surface area contributed by atoms with Crippen molar-refractivity contribution in [1.82, 2.24) is 10.3 Å². The Kier molecular flexibility index (Phi) is 7.76. The second-order valence-corrected chi connectivity index (χ2v) is 6.62. The molecule has 0 saturated carbocycles. The Morgan fingerprint density at radius 2 is 1.96 bits per heavy atom. The lowest BCUT2D eigenvalue weighted by Gasteiger charge is -2.26. The predicted octanol–water partition coefficient (Wildman–Crippen LogP) is 2.31. The average molecular weight is 383 g/mol. The lowest BCUT2D eigenvalue weighted by Crippen LogP contribution is -2.35. The number of nitro groups is 1. The van der Waals surface area contributed by atoms with E-state index < -0.39 is 33.6 Å². The van der Waals surface area contributed by atoms with Crippen LogP contribution in [0.4, 0.5) is 22.0 Å². The van der Waals surface area contributed by atoms with Gasteiger partial charge >= 0.3 is 17.7 Å². The van der Waals surface area contributed by atoms with Gasteiger partial charge in [-0.1, -0.05) is 12.8 Å². The van der Waals surface area contributed by atoms with Crippen LogP contribution < -0.4 is 16.8 Å². The van der Waals surface area contributed by atoms with Gasteiger partial charge in [0, 0.05) is 12.7 Å². The van der Waals surface area contributed by atoms with Crippen molar-refractivity contribution in [3.05, 3.63) is 21.9 Å². The molecule has 0 aromatic carbocycles. The third-order valence-electron chi connectivity index (χ3n) is 3.88. The molecule has 11 nitrogen and oxygen atoms in total. The van der Waals surface area contributed by atoms with Crippen LogP contribution >= 0.6 is 0 Å². The number of carbonyl (C=O) groups excluding carboxylic acids is 1. The van der Waals surface area contributed by atoms with E-state index in [1.807, 2.05) is 13.8 Å². The van der Waals surface area contributed by atoms with Crippen LogP contribution in [0.5, 0.6) is 0 Å². The molecule has 0 radical (unpaired) electrons. The SMILES string of the molecule is CC1(C)CCCCCCNC(=O)O1.Nc1ncc(C(=O)O)c(N)c1[N+](=O)[O-]. The molecular formula is C16H25N5O6. The number of carbonyl (C=O) groups is 2. The zero-order valence-electron chi connectivity index (χ0n) is 15.4. The maximum atomic E-state index is 11.2. The van der Waals surface area contributed by atoms with Crippen molar-refractivity contribution in [1.29, 1.82) is 0 Å². The van der Waals surface area contributed by atoms with Crippen LogP contribution in [0.1, 0.15) is 56.3 Å². The molecule has 0 unspecified atom stereocenters. The van der Waals surface area contributed by atoms with E-state index in [2.05, 4.69) is 10.3 Å². The number of rotatable bonds is 2. The molecule has 1 amide bonds. The molecule has 1 aliphatic heterocycles.